The van der Waals surface area contributed by atoms with Gasteiger partial charge in [-0.3, -0.25) is 19.3 Å². The van der Waals surface area contributed by atoms with E-state index in [4.69, 9.17) is 9.15 Å². The Balaban J connectivity index is 1.18. The van der Waals surface area contributed by atoms with Gasteiger partial charge in [0.2, 0.25) is 11.8 Å². The lowest BCUT2D eigenvalue weighted by Gasteiger charge is -2.27. The lowest BCUT2D eigenvalue weighted by molar-refractivity contribution is -0.137. The molecule has 1 aromatic heterocycles. The van der Waals surface area contributed by atoms with E-state index in [-0.39, 0.29) is 31.2 Å². The summed E-state index contributed by atoms with van der Waals surface area (Å²) in [6, 6.07) is 19.8. The van der Waals surface area contributed by atoms with Gasteiger partial charge in [0.25, 0.3) is 6.01 Å². The van der Waals surface area contributed by atoms with Gasteiger partial charge in [0.15, 0.2) is 5.58 Å². The number of morpholine rings is 1. The van der Waals surface area contributed by atoms with Crippen molar-refractivity contribution in [2.24, 2.45) is 0 Å². The molecular formula is C31H33N5O6. The summed E-state index contributed by atoms with van der Waals surface area (Å²) in [4.78, 5) is 43.3. The van der Waals surface area contributed by atoms with E-state index in [0.29, 0.717) is 54.7 Å². The van der Waals surface area contributed by atoms with Crippen molar-refractivity contribution in [2.45, 2.75) is 25.8 Å². The maximum absolute atomic E-state index is 12.8. The van der Waals surface area contributed by atoms with Crippen LogP contribution in [-0.2, 0) is 25.5 Å². The summed E-state index contributed by atoms with van der Waals surface area (Å²) >= 11 is 0. The number of aryl methyl sites for hydroxylation is 1. The van der Waals surface area contributed by atoms with Gasteiger partial charge in [-0.05, 0) is 53.9 Å². The number of ether oxygens (including phenoxy) is 1. The number of benzene rings is 3. The molecule has 218 valence electrons. The second-order valence-electron chi connectivity index (χ2n) is 10.2. The Morgan fingerprint density at radius 2 is 1.76 bits per heavy atom. The predicted molar refractivity (Wildman–Crippen MR) is 158 cm³/mol. The van der Waals surface area contributed by atoms with E-state index >= 15 is 0 Å². The molecule has 0 aliphatic carbocycles. The molecule has 1 saturated heterocycles. The summed E-state index contributed by atoms with van der Waals surface area (Å²) in [5.74, 6) is -1.49. The number of aromatic nitrogens is 1. The summed E-state index contributed by atoms with van der Waals surface area (Å²) < 4.78 is 11.2. The van der Waals surface area contributed by atoms with Crippen LogP contribution < -0.4 is 16.0 Å². The molecule has 1 aliphatic rings. The first kappa shape index (κ1) is 28.8. The van der Waals surface area contributed by atoms with Gasteiger partial charge in [-0.2, -0.15) is 4.98 Å². The second kappa shape index (κ2) is 13.3. The third kappa shape index (κ3) is 7.71. The van der Waals surface area contributed by atoms with Gasteiger partial charge in [-0.15, -0.1) is 0 Å². The molecule has 42 heavy (non-hydrogen) atoms. The highest BCUT2D eigenvalue weighted by atomic mass is 16.5. The summed E-state index contributed by atoms with van der Waals surface area (Å²) in [7, 11) is 0. The zero-order valence-corrected chi connectivity index (χ0v) is 23.3. The quantitative estimate of drug-likeness (QED) is 0.210. The molecule has 1 atom stereocenters. The van der Waals surface area contributed by atoms with E-state index in [9.17, 15) is 19.5 Å². The lowest BCUT2D eigenvalue weighted by atomic mass is 10.0. The van der Waals surface area contributed by atoms with Crippen molar-refractivity contribution in [1.29, 1.82) is 0 Å². The number of rotatable bonds is 11. The van der Waals surface area contributed by atoms with Crippen molar-refractivity contribution >= 4 is 46.3 Å². The van der Waals surface area contributed by atoms with E-state index in [1.165, 1.54) is 0 Å². The van der Waals surface area contributed by atoms with Crippen molar-refractivity contribution in [3.8, 4) is 0 Å². The SMILES string of the molecule is Cc1ccccc1Nc1nc2ccc(CC(=O)Nc3ccc(C(CC(=O)O)NC(=O)CN4CCOCC4)cc3)cc2o1. The lowest BCUT2D eigenvalue weighted by Crippen LogP contribution is -2.44. The van der Waals surface area contributed by atoms with Crippen LogP contribution in [0.3, 0.4) is 0 Å². The number of hydrogen-bond donors (Lipinski definition) is 4. The van der Waals surface area contributed by atoms with Gasteiger partial charge in [-0.25, -0.2) is 0 Å². The van der Waals surface area contributed by atoms with Crippen LogP contribution in [0.5, 0.6) is 0 Å². The Bertz CT molecular complexity index is 1560. The number of fused-ring (bicyclic) bond motifs is 1. The number of carboxylic acid groups (broad SMARTS) is 1. The number of para-hydroxylation sites is 1. The molecule has 0 saturated carbocycles. The summed E-state index contributed by atoms with van der Waals surface area (Å²) in [5, 5.41) is 18.3. The fraction of sp³-hybridized carbons (Fsp3) is 0.290. The predicted octanol–water partition coefficient (Wildman–Crippen LogP) is 4.03. The minimum Gasteiger partial charge on any atom is -0.481 e. The average molecular weight is 572 g/mol. The highest BCUT2D eigenvalue weighted by Crippen LogP contribution is 2.25. The fourth-order valence-corrected chi connectivity index (χ4v) is 4.78. The molecule has 11 nitrogen and oxygen atoms in total. The molecule has 1 unspecified atom stereocenters. The molecular weight excluding hydrogens is 538 g/mol. The van der Waals surface area contributed by atoms with E-state index < -0.39 is 12.0 Å². The van der Waals surface area contributed by atoms with E-state index in [2.05, 4.69) is 20.9 Å². The smallest absolute Gasteiger partial charge is 0.305 e. The van der Waals surface area contributed by atoms with Gasteiger partial charge in [0.1, 0.15) is 5.52 Å². The number of anilines is 3. The maximum atomic E-state index is 12.8. The standard InChI is InChI=1S/C31H33N5O6/c1-20-4-2-3-5-24(20)34-31-35-25-11-6-21(16-27(25)42-31)17-28(37)32-23-9-7-22(8-10-23)26(18-30(39)40)33-29(38)19-36-12-14-41-15-13-36/h2-11,16,26H,12-15,17-19H2,1H3,(H,32,37)(H,33,38)(H,34,35)(H,39,40). The second-order valence-corrected chi connectivity index (χ2v) is 10.2. The molecule has 0 radical (unpaired) electrons. The Hall–Kier alpha value is -4.74. The van der Waals surface area contributed by atoms with Crippen LogP contribution in [-0.4, -0.2) is 65.6 Å². The van der Waals surface area contributed by atoms with Gasteiger partial charge >= 0.3 is 5.97 Å². The van der Waals surface area contributed by atoms with E-state index in [1.54, 1.807) is 30.3 Å². The van der Waals surface area contributed by atoms with Crippen molar-refractivity contribution in [2.75, 3.05) is 43.5 Å². The first-order valence-corrected chi connectivity index (χ1v) is 13.8. The largest absolute Gasteiger partial charge is 0.481 e. The summed E-state index contributed by atoms with van der Waals surface area (Å²) in [6.07, 6.45) is -0.134. The monoisotopic (exact) mass is 571 g/mol. The number of carbonyl (C=O) groups is 3. The highest BCUT2D eigenvalue weighted by molar-refractivity contribution is 5.93. The summed E-state index contributed by atoms with van der Waals surface area (Å²) in [6.45, 7) is 4.63. The molecule has 3 aromatic carbocycles. The minimum absolute atomic E-state index is 0.123. The Labute approximate surface area is 242 Å². The minimum atomic E-state index is -1.02. The van der Waals surface area contributed by atoms with E-state index in [1.807, 2.05) is 48.2 Å². The van der Waals surface area contributed by atoms with Crippen LogP contribution in [0.2, 0.25) is 0 Å². The van der Waals surface area contributed by atoms with Crippen molar-refractivity contribution in [1.82, 2.24) is 15.2 Å². The van der Waals surface area contributed by atoms with Gasteiger partial charge in [-0.1, -0.05) is 36.4 Å². The maximum Gasteiger partial charge on any atom is 0.305 e. The van der Waals surface area contributed by atoms with Crippen LogP contribution in [0, 0.1) is 6.92 Å². The van der Waals surface area contributed by atoms with E-state index in [0.717, 1.165) is 16.8 Å². The van der Waals surface area contributed by atoms with Crippen LogP contribution >= 0.6 is 0 Å². The Morgan fingerprint density at radius 3 is 2.50 bits per heavy atom. The molecule has 0 bridgehead atoms. The van der Waals surface area contributed by atoms with Crippen molar-refractivity contribution < 1.29 is 28.6 Å². The van der Waals surface area contributed by atoms with Crippen molar-refractivity contribution in [3.63, 3.8) is 0 Å². The third-order valence-electron chi connectivity index (χ3n) is 6.99. The number of aliphatic carboxylic acids is 1. The molecule has 2 heterocycles. The zero-order valence-electron chi connectivity index (χ0n) is 23.3. The number of oxazole rings is 1. The van der Waals surface area contributed by atoms with Crippen LogP contribution in [0.1, 0.15) is 29.2 Å². The number of nitrogens with one attached hydrogen (secondary N) is 3. The van der Waals surface area contributed by atoms with Crippen LogP contribution in [0.4, 0.5) is 17.4 Å². The zero-order chi connectivity index (χ0) is 29.5. The molecule has 5 rings (SSSR count). The molecule has 0 spiro atoms. The number of carboxylic acids is 1. The highest BCUT2D eigenvalue weighted by Gasteiger charge is 2.21. The third-order valence-corrected chi connectivity index (χ3v) is 6.99. The molecule has 4 N–H and O–H groups in total. The Morgan fingerprint density at radius 1 is 1.00 bits per heavy atom. The van der Waals surface area contributed by atoms with Crippen LogP contribution in [0.25, 0.3) is 11.1 Å². The fourth-order valence-electron chi connectivity index (χ4n) is 4.78. The molecule has 1 fully saturated rings. The topological polar surface area (TPSA) is 146 Å². The number of nitrogens with zero attached hydrogens (tertiary/aromatic N) is 2. The molecule has 11 heteroatoms. The van der Waals surface area contributed by atoms with Gasteiger partial charge in [0, 0.05) is 24.5 Å². The number of carbonyl (C=O) groups excluding carboxylic acids is 2. The molecule has 2 amide bonds. The average Bonchev–Trinajstić information content (AvgIpc) is 3.36. The number of hydrogen-bond acceptors (Lipinski definition) is 8. The number of amides is 2. The molecule has 4 aromatic rings. The van der Waals surface area contributed by atoms with Crippen molar-refractivity contribution in [3.05, 3.63) is 83.4 Å². The molecule has 1 aliphatic heterocycles. The van der Waals surface area contributed by atoms with Gasteiger partial charge in [0.05, 0.1) is 38.6 Å². The summed E-state index contributed by atoms with van der Waals surface area (Å²) in [5.41, 5.74) is 5.18. The first-order chi connectivity index (χ1) is 20.3. The van der Waals surface area contributed by atoms with Crippen LogP contribution in [0.15, 0.2) is 71.1 Å². The normalized spacial score (nSPS) is 14.3. The Kier molecular flexibility index (Phi) is 9.10. The van der Waals surface area contributed by atoms with Gasteiger partial charge < -0.3 is 30.2 Å². The first-order valence-electron chi connectivity index (χ1n) is 13.8.